The van der Waals surface area contributed by atoms with Crippen LogP contribution in [0.5, 0.6) is 5.88 Å². The fourth-order valence-electron chi connectivity index (χ4n) is 4.15. The molecule has 1 aliphatic heterocycles. The highest BCUT2D eigenvalue weighted by Gasteiger charge is 2.31. The van der Waals surface area contributed by atoms with Crippen molar-refractivity contribution in [1.82, 2.24) is 20.5 Å². The Balaban J connectivity index is 1.45. The molecule has 1 fully saturated rings. The summed E-state index contributed by atoms with van der Waals surface area (Å²) in [5.41, 5.74) is 7.59. The zero-order valence-electron chi connectivity index (χ0n) is 21.8. The third kappa shape index (κ3) is 8.03. The van der Waals surface area contributed by atoms with Gasteiger partial charge in [0.1, 0.15) is 11.4 Å². The first-order valence-electron chi connectivity index (χ1n) is 12.3. The van der Waals surface area contributed by atoms with Crippen LogP contribution in [0.2, 0.25) is 5.02 Å². The summed E-state index contributed by atoms with van der Waals surface area (Å²) >= 11 is 6.06. The lowest BCUT2D eigenvalue weighted by molar-refractivity contribution is 0.00676. The number of aromatic nitrogens is 1. The van der Waals surface area contributed by atoms with Gasteiger partial charge in [0.2, 0.25) is 5.88 Å². The minimum Gasteiger partial charge on any atom is -0.480 e. The number of carbonyl (C=O) groups is 2. The Hall–Kier alpha value is -2.92. The van der Waals surface area contributed by atoms with Gasteiger partial charge in [0.05, 0.1) is 35.9 Å². The Morgan fingerprint density at radius 2 is 1.97 bits per heavy atom. The molecule has 11 heteroatoms. The molecule has 0 aliphatic carbocycles. The highest BCUT2D eigenvalue weighted by Crippen LogP contribution is 2.25. The SMILES string of the molecule is COc1nc(N)c(Cl)cc1C(=O)N[C@@H]1CCN(CCNCc2ccc(C(=O)OC(C)C)cc2)C[C@@H]1OC. The van der Waals surface area contributed by atoms with Gasteiger partial charge >= 0.3 is 5.97 Å². The summed E-state index contributed by atoms with van der Waals surface area (Å²) in [7, 11) is 3.07. The van der Waals surface area contributed by atoms with E-state index in [4.69, 9.17) is 31.5 Å². The van der Waals surface area contributed by atoms with Gasteiger partial charge in [-0.1, -0.05) is 23.7 Å². The molecule has 2 atom stereocenters. The number of hydrogen-bond acceptors (Lipinski definition) is 9. The number of pyridine rings is 1. The minimum absolute atomic E-state index is 0.107. The first kappa shape index (κ1) is 28.6. The van der Waals surface area contributed by atoms with Gasteiger partial charge < -0.3 is 30.6 Å². The maximum atomic E-state index is 12.9. The molecule has 1 amide bonds. The molecule has 1 aliphatic rings. The number of esters is 1. The van der Waals surface area contributed by atoms with Crippen molar-refractivity contribution in [2.24, 2.45) is 0 Å². The quantitative estimate of drug-likeness (QED) is 0.295. The average Bonchev–Trinajstić information content (AvgIpc) is 2.88. The summed E-state index contributed by atoms with van der Waals surface area (Å²) in [5, 5.41) is 6.66. The number of nitrogens with one attached hydrogen (secondary N) is 2. The van der Waals surface area contributed by atoms with Crippen molar-refractivity contribution in [2.75, 3.05) is 46.1 Å². The summed E-state index contributed by atoms with van der Waals surface area (Å²) in [6.45, 7) is 7.49. The first-order valence-corrected chi connectivity index (χ1v) is 12.7. The molecular weight excluding hydrogens is 498 g/mol. The molecule has 3 rings (SSSR count). The highest BCUT2D eigenvalue weighted by atomic mass is 35.5. The largest absolute Gasteiger partial charge is 0.480 e. The molecule has 0 unspecified atom stereocenters. The Bertz CT molecular complexity index is 1070. The van der Waals surface area contributed by atoms with Gasteiger partial charge in [0.15, 0.2) is 0 Å². The number of hydrogen-bond donors (Lipinski definition) is 3. The highest BCUT2D eigenvalue weighted by molar-refractivity contribution is 6.33. The second-order valence-corrected chi connectivity index (χ2v) is 9.59. The Morgan fingerprint density at radius 3 is 2.62 bits per heavy atom. The van der Waals surface area contributed by atoms with E-state index in [1.807, 2.05) is 26.0 Å². The molecule has 1 aromatic heterocycles. The van der Waals surface area contributed by atoms with Crippen LogP contribution in [-0.4, -0.2) is 80.4 Å². The first-order chi connectivity index (χ1) is 17.7. The smallest absolute Gasteiger partial charge is 0.338 e. The lowest BCUT2D eigenvalue weighted by atomic mass is 10.0. The number of benzene rings is 1. The van der Waals surface area contributed by atoms with Crippen molar-refractivity contribution in [2.45, 2.75) is 45.1 Å². The molecule has 1 saturated heterocycles. The molecule has 202 valence electrons. The van der Waals surface area contributed by atoms with Gasteiger partial charge in [-0.3, -0.25) is 9.69 Å². The number of nitrogen functional groups attached to an aromatic ring is 1. The maximum Gasteiger partial charge on any atom is 0.338 e. The van der Waals surface area contributed by atoms with Crippen LogP contribution in [0.15, 0.2) is 30.3 Å². The molecule has 37 heavy (non-hydrogen) atoms. The summed E-state index contributed by atoms with van der Waals surface area (Å²) < 4.78 is 16.1. The number of piperidine rings is 1. The van der Waals surface area contributed by atoms with E-state index in [2.05, 4.69) is 20.5 Å². The van der Waals surface area contributed by atoms with E-state index in [0.29, 0.717) is 18.7 Å². The summed E-state index contributed by atoms with van der Waals surface area (Å²) in [6, 6.07) is 8.73. The average molecular weight is 534 g/mol. The fraction of sp³-hybridized carbons (Fsp3) is 0.500. The van der Waals surface area contributed by atoms with Gasteiger partial charge in [0.25, 0.3) is 5.91 Å². The molecule has 0 radical (unpaired) electrons. The molecule has 0 spiro atoms. The maximum absolute atomic E-state index is 12.9. The van der Waals surface area contributed by atoms with Crippen LogP contribution in [0.1, 0.15) is 46.5 Å². The number of ether oxygens (including phenoxy) is 3. The van der Waals surface area contributed by atoms with Crippen molar-refractivity contribution >= 4 is 29.3 Å². The number of rotatable bonds is 11. The predicted octanol–water partition coefficient (Wildman–Crippen LogP) is 2.50. The van der Waals surface area contributed by atoms with Gasteiger partial charge in [-0.2, -0.15) is 4.98 Å². The van der Waals surface area contributed by atoms with Crippen LogP contribution in [0.25, 0.3) is 0 Å². The van der Waals surface area contributed by atoms with E-state index in [1.54, 1.807) is 19.2 Å². The van der Waals surface area contributed by atoms with Crippen molar-refractivity contribution in [3.8, 4) is 5.88 Å². The number of nitrogens with two attached hydrogens (primary N) is 1. The second kappa shape index (κ2) is 13.6. The van der Waals surface area contributed by atoms with Gasteiger partial charge in [-0.05, 0) is 44.0 Å². The van der Waals surface area contributed by atoms with Crippen molar-refractivity contribution in [3.05, 3.63) is 52.0 Å². The molecule has 0 bridgehead atoms. The van der Waals surface area contributed by atoms with Crippen LogP contribution < -0.4 is 21.1 Å². The number of methoxy groups -OCH3 is 2. The van der Waals surface area contributed by atoms with Crippen molar-refractivity contribution in [3.63, 3.8) is 0 Å². The minimum atomic E-state index is -0.336. The fourth-order valence-corrected chi connectivity index (χ4v) is 4.30. The van der Waals surface area contributed by atoms with E-state index in [1.165, 1.54) is 13.2 Å². The Labute approximate surface area is 222 Å². The van der Waals surface area contributed by atoms with Crippen LogP contribution in [-0.2, 0) is 16.0 Å². The molecule has 2 aromatic rings. The Morgan fingerprint density at radius 1 is 1.24 bits per heavy atom. The molecule has 2 heterocycles. The third-order valence-corrected chi connectivity index (χ3v) is 6.44. The number of nitrogens with zero attached hydrogens (tertiary/aromatic N) is 2. The third-order valence-electron chi connectivity index (χ3n) is 6.13. The monoisotopic (exact) mass is 533 g/mol. The number of amides is 1. The molecule has 0 saturated carbocycles. The number of carbonyl (C=O) groups excluding carboxylic acids is 2. The van der Waals surface area contributed by atoms with Crippen LogP contribution >= 0.6 is 11.6 Å². The van der Waals surface area contributed by atoms with E-state index < -0.39 is 0 Å². The Kier molecular flexibility index (Phi) is 10.5. The predicted molar refractivity (Wildman–Crippen MR) is 142 cm³/mol. The van der Waals surface area contributed by atoms with E-state index in [-0.39, 0.29) is 52.4 Å². The summed E-state index contributed by atoms with van der Waals surface area (Å²) in [4.78, 5) is 31.2. The van der Waals surface area contributed by atoms with Gasteiger partial charge in [-0.15, -0.1) is 0 Å². The standard InChI is InChI=1S/C26H36ClN5O5/c1-16(2)37-26(34)18-7-5-17(6-8-18)14-29-10-12-32-11-9-21(22(15-32)35-3)30-24(33)19-13-20(27)23(28)31-25(19)36-4/h5-8,13,16,21-22,29H,9-12,14-15H2,1-4H3,(H2,28,31)(H,30,33)/t21-,22+/m1/s1. The second-order valence-electron chi connectivity index (χ2n) is 9.18. The summed E-state index contributed by atoms with van der Waals surface area (Å²) in [6.07, 6.45) is 0.423. The van der Waals surface area contributed by atoms with Crippen LogP contribution in [0, 0.1) is 0 Å². The lowest BCUT2D eigenvalue weighted by Gasteiger charge is -2.38. The van der Waals surface area contributed by atoms with E-state index in [0.717, 1.165) is 31.6 Å². The topological polar surface area (TPSA) is 128 Å². The number of anilines is 1. The molecule has 1 aromatic carbocycles. The molecule has 10 nitrogen and oxygen atoms in total. The van der Waals surface area contributed by atoms with E-state index >= 15 is 0 Å². The normalized spacial score (nSPS) is 18.0. The lowest BCUT2D eigenvalue weighted by Crippen LogP contribution is -2.55. The van der Waals surface area contributed by atoms with Gasteiger partial charge in [0, 0.05) is 39.8 Å². The molecular formula is C26H36ClN5O5. The van der Waals surface area contributed by atoms with Crippen LogP contribution in [0.3, 0.4) is 0 Å². The van der Waals surface area contributed by atoms with Crippen molar-refractivity contribution in [1.29, 1.82) is 0 Å². The zero-order valence-corrected chi connectivity index (χ0v) is 22.5. The van der Waals surface area contributed by atoms with Crippen molar-refractivity contribution < 1.29 is 23.8 Å². The van der Waals surface area contributed by atoms with Gasteiger partial charge in [-0.25, -0.2) is 4.79 Å². The zero-order chi connectivity index (χ0) is 26.9. The number of halogens is 1. The molecule has 4 N–H and O–H groups in total. The summed E-state index contributed by atoms with van der Waals surface area (Å²) in [5.74, 6) is -0.413. The van der Waals surface area contributed by atoms with E-state index in [9.17, 15) is 9.59 Å². The number of likely N-dealkylation sites (tertiary alicyclic amines) is 1. The van der Waals surface area contributed by atoms with Crippen LogP contribution in [0.4, 0.5) is 5.82 Å².